The smallest absolute Gasteiger partial charge is 0.223 e. The van der Waals surface area contributed by atoms with E-state index in [2.05, 4.69) is 12.1 Å². The van der Waals surface area contributed by atoms with Gasteiger partial charge in [0.1, 0.15) is 0 Å². The lowest BCUT2D eigenvalue weighted by Crippen LogP contribution is -2.40. The second-order valence-electron chi connectivity index (χ2n) is 4.73. The fraction of sp³-hybridized carbons (Fsp3) is 0.533. The lowest BCUT2D eigenvalue weighted by Gasteiger charge is -2.31. The number of carbonyl (C=O) groups excluding carboxylic acids is 1. The Morgan fingerprint density at radius 1 is 1.32 bits per heavy atom. The summed E-state index contributed by atoms with van der Waals surface area (Å²) in [5.41, 5.74) is 0. The molecule has 2 rings (SSSR count). The van der Waals surface area contributed by atoms with Crippen molar-refractivity contribution >= 4 is 17.7 Å². The zero-order valence-corrected chi connectivity index (χ0v) is 12.2. The predicted molar refractivity (Wildman–Crippen MR) is 78.4 cm³/mol. The lowest BCUT2D eigenvalue weighted by atomic mass is 10.1. The van der Waals surface area contributed by atoms with Crippen molar-refractivity contribution in [3.63, 3.8) is 0 Å². The molecule has 1 aliphatic heterocycles. The number of thioether (sulfide) groups is 1. The van der Waals surface area contributed by atoms with Crippen LogP contribution >= 0.6 is 11.8 Å². The second-order valence-corrected chi connectivity index (χ2v) is 5.90. The molecule has 0 unspecified atom stereocenters. The fourth-order valence-corrected chi connectivity index (χ4v) is 3.13. The number of ether oxygens (including phenoxy) is 1. The lowest BCUT2D eigenvalue weighted by molar-refractivity contribution is -0.133. The van der Waals surface area contributed by atoms with Crippen molar-refractivity contribution in [2.24, 2.45) is 0 Å². The average Bonchev–Trinajstić information content (AvgIpc) is 2.48. The monoisotopic (exact) mass is 279 g/mol. The number of benzene rings is 1. The van der Waals surface area contributed by atoms with Crippen molar-refractivity contribution in [2.45, 2.75) is 30.3 Å². The molecule has 0 N–H and O–H groups in total. The third-order valence-electron chi connectivity index (χ3n) is 3.46. The Morgan fingerprint density at radius 3 is 2.63 bits per heavy atom. The van der Waals surface area contributed by atoms with E-state index in [4.69, 9.17) is 4.74 Å². The van der Waals surface area contributed by atoms with Crippen LogP contribution < -0.4 is 0 Å². The highest BCUT2D eigenvalue weighted by Crippen LogP contribution is 2.19. The molecule has 3 nitrogen and oxygen atoms in total. The van der Waals surface area contributed by atoms with Crippen LogP contribution in [0.1, 0.15) is 19.3 Å². The van der Waals surface area contributed by atoms with Crippen LogP contribution in [-0.4, -0.2) is 42.9 Å². The number of carbonyl (C=O) groups is 1. The van der Waals surface area contributed by atoms with E-state index >= 15 is 0 Å². The van der Waals surface area contributed by atoms with Gasteiger partial charge in [-0.3, -0.25) is 4.79 Å². The van der Waals surface area contributed by atoms with Crippen molar-refractivity contribution in [3.8, 4) is 0 Å². The Balaban J connectivity index is 1.67. The number of rotatable bonds is 5. The number of hydrogen-bond donors (Lipinski definition) is 0. The second kappa shape index (κ2) is 7.56. The summed E-state index contributed by atoms with van der Waals surface area (Å²) >= 11 is 1.75. The maximum Gasteiger partial charge on any atom is 0.223 e. The minimum Gasteiger partial charge on any atom is -0.381 e. The van der Waals surface area contributed by atoms with Crippen LogP contribution in [-0.2, 0) is 9.53 Å². The van der Waals surface area contributed by atoms with Crippen molar-refractivity contribution in [2.75, 3.05) is 26.0 Å². The fourth-order valence-electron chi connectivity index (χ4n) is 2.27. The maximum atomic E-state index is 12.1. The van der Waals surface area contributed by atoms with Gasteiger partial charge in [0.05, 0.1) is 6.10 Å². The third kappa shape index (κ3) is 4.55. The molecule has 0 radical (unpaired) electrons. The molecule has 0 atom stereocenters. The molecule has 4 heteroatoms. The summed E-state index contributed by atoms with van der Waals surface area (Å²) in [5.74, 6) is 1.13. The van der Waals surface area contributed by atoms with Crippen LogP contribution in [0.3, 0.4) is 0 Å². The molecule has 1 fully saturated rings. The summed E-state index contributed by atoms with van der Waals surface area (Å²) in [5, 5.41) is 0. The molecule has 0 bridgehead atoms. The molecule has 1 aliphatic rings. The molecule has 1 saturated heterocycles. The summed E-state index contributed by atoms with van der Waals surface area (Å²) in [4.78, 5) is 15.3. The Kier molecular flexibility index (Phi) is 5.73. The van der Waals surface area contributed by atoms with Gasteiger partial charge >= 0.3 is 0 Å². The van der Waals surface area contributed by atoms with Crippen LogP contribution in [0.2, 0.25) is 0 Å². The van der Waals surface area contributed by atoms with E-state index < -0.39 is 0 Å². The van der Waals surface area contributed by atoms with Crippen LogP contribution in [0.15, 0.2) is 35.2 Å². The van der Waals surface area contributed by atoms with Crippen LogP contribution in [0, 0.1) is 0 Å². The largest absolute Gasteiger partial charge is 0.381 e. The first-order valence-corrected chi connectivity index (χ1v) is 7.76. The molecule has 104 valence electrons. The first-order chi connectivity index (χ1) is 9.29. The van der Waals surface area contributed by atoms with Gasteiger partial charge in [0, 0.05) is 37.3 Å². The average molecular weight is 279 g/mol. The number of amides is 1. The number of hydrogen-bond acceptors (Lipinski definition) is 3. The van der Waals surface area contributed by atoms with Gasteiger partial charge in [0.2, 0.25) is 5.91 Å². The van der Waals surface area contributed by atoms with E-state index in [1.807, 2.05) is 23.1 Å². The van der Waals surface area contributed by atoms with Crippen LogP contribution in [0.25, 0.3) is 0 Å². The van der Waals surface area contributed by atoms with E-state index in [1.165, 1.54) is 4.90 Å². The minimum absolute atomic E-state index is 0.276. The summed E-state index contributed by atoms with van der Waals surface area (Å²) in [6, 6.07) is 10.2. The number of piperidine rings is 1. The molecule has 1 aromatic carbocycles. The Morgan fingerprint density at radius 2 is 2.00 bits per heavy atom. The van der Waals surface area contributed by atoms with Crippen molar-refractivity contribution in [1.29, 1.82) is 0 Å². The Bertz CT molecular complexity index is 388. The zero-order valence-electron chi connectivity index (χ0n) is 11.4. The van der Waals surface area contributed by atoms with Crippen LogP contribution in [0.4, 0.5) is 0 Å². The highest BCUT2D eigenvalue weighted by atomic mass is 32.2. The van der Waals surface area contributed by atoms with Gasteiger partial charge in [-0.1, -0.05) is 18.2 Å². The molecule has 0 aliphatic carbocycles. The van der Waals surface area contributed by atoms with E-state index in [1.54, 1.807) is 18.9 Å². The quantitative estimate of drug-likeness (QED) is 0.776. The van der Waals surface area contributed by atoms with E-state index in [-0.39, 0.29) is 5.91 Å². The predicted octanol–water partition coefficient (Wildman–Crippen LogP) is 2.81. The summed E-state index contributed by atoms with van der Waals surface area (Å²) in [6.45, 7) is 1.68. The number of nitrogens with zero attached hydrogens (tertiary/aromatic N) is 1. The van der Waals surface area contributed by atoms with Crippen molar-refractivity contribution in [1.82, 2.24) is 4.90 Å². The summed E-state index contributed by atoms with van der Waals surface area (Å²) < 4.78 is 5.32. The normalized spacial score (nSPS) is 16.6. The van der Waals surface area contributed by atoms with Gasteiger partial charge in [0.25, 0.3) is 0 Å². The minimum atomic E-state index is 0.276. The molecule has 0 saturated carbocycles. The highest BCUT2D eigenvalue weighted by molar-refractivity contribution is 7.99. The summed E-state index contributed by atoms with van der Waals surface area (Å²) in [7, 11) is 1.75. The SMILES string of the molecule is COC1CCN(C(=O)CCSc2ccccc2)CC1. The van der Waals surface area contributed by atoms with E-state index in [0.717, 1.165) is 31.7 Å². The van der Waals surface area contributed by atoms with Gasteiger partial charge in [-0.2, -0.15) is 0 Å². The molecule has 0 spiro atoms. The molecule has 19 heavy (non-hydrogen) atoms. The Hall–Kier alpha value is -1.00. The Labute approximate surface area is 119 Å². The van der Waals surface area contributed by atoms with Crippen molar-refractivity contribution < 1.29 is 9.53 Å². The van der Waals surface area contributed by atoms with Gasteiger partial charge in [0.15, 0.2) is 0 Å². The van der Waals surface area contributed by atoms with Gasteiger partial charge < -0.3 is 9.64 Å². The van der Waals surface area contributed by atoms with Gasteiger partial charge in [-0.05, 0) is 25.0 Å². The van der Waals surface area contributed by atoms with Gasteiger partial charge in [-0.25, -0.2) is 0 Å². The molecule has 1 amide bonds. The molecule has 0 aromatic heterocycles. The molecule has 1 heterocycles. The van der Waals surface area contributed by atoms with Crippen LogP contribution in [0.5, 0.6) is 0 Å². The molecular formula is C15H21NO2S. The van der Waals surface area contributed by atoms with E-state index in [9.17, 15) is 4.79 Å². The van der Waals surface area contributed by atoms with E-state index in [0.29, 0.717) is 12.5 Å². The first-order valence-electron chi connectivity index (χ1n) is 6.78. The zero-order chi connectivity index (χ0) is 13.5. The summed E-state index contributed by atoms with van der Waals surface area (Å²) in [6.07, 6.45) is 2.89. The van der Waals surface area contributed by atoms with Crippen molar-refractivity contribution in [3.05, 3.63) is 30.3 Å². The standard InChI is InChI=1S/C15H21NO2S/c1-18-13-7-10-16(11-8-13)15(17)9-12-19-14-5-3-2-4-6-14/h2-6,13H,7-12H2,1H3. The number of likely N-dealkylation sites (tertiary alicyclic amines) is 1. The topological polar surface area (TPSA) is 29.5 Å². The molecule has 1 aromatic rings. The third-order valence-corrected chi connectivity index (χ3v) is 4.47. The maximum absolute atomic E-state index is 12.1. The molecular weight excluding hydrogens is 258 g/mol. The van der Waals surface area contributed by atoms with Gasteiger partial charge in [-0.15, -0.1) is 11.8 Å². The highest BCUT2D eigenvalue weighted by Gasteiger charge is 2.21. The first kappa shape index (κ1) is 14.4. The number of methoxy groups -OCH3 is 1.